The molecule has 0 atom stereocenters. The van der Waals surface area contributed by atoms with Crippen molar-refractivity contribution >= 4 is 9.52 Å². The van der Waals surface area contributed by atoms with Crippen molar-refractivity contribution in [3.8, 4) is 0 Å². The highest BCUT2D eigenvalue weighted by Gasteiger charge is 2.00. The fourth-order valence-corrected chi connectivity index (χ4v) is 2.90. The summed E-state index contributed by atoms with van der Waals surface area (Å²) in [7, 11) is 0.0244. The van der Waals surface area contributed by atoms with E-state index in [4.69, 9.17) is 0 Å². The average Bonchev–Trinajstić information content (AvgIpc) is 2.05. The van der Waals surface area contributed by atoms with Crippen LogP contribution in [0, 0.1) is 0 Å². The fraction of sp³-hybridized carbons (Fsp3) is 0.800. The van der Waals surface area contributed by atoms with Crippen molar-refractivity contribution in [2.75, 3.05) is 19.3 Å². The third-order valence-electron chi connectivity index (χ3n) is 2.55. The fourth-order valence-electron chi connectivity index (χ4n) is 1.12. The highest BCUT2D eigenvalue weighted by Crippen LogP contribution is 2.00. The lowest BCUT2D eigenvalue weighted by Gasteiger charge is -2.17. The van der Waals surface area contributed by atoms with Gasteiger partial charge in [0.2, 0.25) is 0 Å². The van der Waals surface area contributed by atoms with Gasteiger partial charge in [-0.3, -0.25) is 0 Å². The first-order valence-electron chi connectivity index (χ1n) is 4.97. The van der Waals surface area contributed by atoms with Gasteiger partial charge in [-0.2, -0.15) is 0 Å². The van der Waals surface area contributed by atoms with Gasteiger partial charge in [0.15, 0.2) is 0 Å². The van der Waals surface area contributed by atoms with E-state index in [1.54, 1.807) is 5.20 Å². The summed E-state index contributed by atoms with van der Waals surface area (Å²) in [6.45, 7) is 13.7. The van der Waals surface area contributed by atoms with Crippen LogP contribution in [0.5, 0.6) is 0 Å². The van der Waals surface area contributed by atoms with Gasteiger partial charge in [-0.05, 0) is 40.0 Å². The molecule has 0 aliphatic carbocycles. The molecule has 0 aromatic carbocycles. The predicted molar refractivity (Wildman–Crippen MR) is 60.4 cm³/mol. The molecule has 0 fully saturated rings. The number of hydrogen-bond donors (Lipinski definition) is 0. The van der Waals surface area contributed by atoms with Crippen LogP contribution in [0.15, 0.2) is 10.8 Å². The van der Waals surface area contributed by atoms with Crippen LogP contribution in [0.3, 0.4) is 0 Å². The Labute approximate surface area is 79.7 Å². The van der Waals surface area contributed by atoms with Crippen LogP contribution in [0.2, 0.25) is 0 Å². The molecular weight excluding hydrogens is 162 g/mol. The van der Waals surface area contributed by atoms with E-state index in [9.17, 15) is 0 Å². The molecule has 0 unspecified atom stereocenters. The Hall–Kier alpha value is -0.0831. The minimum atomic E-state index is 0.0244. The van der Waals surface area contributed by atoms with E-state index < -0.39 is 0 Å². The van der Waals surface area contributed by atoms with Crippen molar-refractivity contribution in [1.29, 1.82) is 0 Å². The smallest absolute Gasteiger partial charge is 0.0648 e. The molecule has 0 bridgehead atoms. The molecule has 0 aliphatic rings. The van der Waals surface area contributed by atoms with Crippen LogP contribution >= 0.6 is 0 Å². The molecule has 0 amide bonds. The Morgan fingerprint density at radius 1 is 1.08 bits per heavy atom. The highest BCUT2D eigenvalue weighted by molar-refractivity contribution is 6.45. The van der Waals surface area contributed by atoms with Gasteiger partial charge in [-0.1, -0.05) is 24.6 Å². The zero-order valence-electron chi connectivity index (χ0n) is 9.28. The second kappa shape index (κ2) is 6.43. The minimum Gasteiger partial charge on any atom is -0.307 e. The van der Waals surface area contributed by atoms with Gasteiger partial charge in [0.1, 0.15) is 0 Å². The summed E-state index contributed by atoms with van der Waals surface area (Å²) in [4.78, 5) is 2.53. The standard InChI is InChI=1S/C10H23NSi/c1-6-11(7-2)8-12-10(5)9(3)4/h6-8,12H2,1-5H3. The lowest BCUT2D eigenvalue weighted by atomic mass is 10.3. The maximum absolute atomic E-state index is 2.53. The summed E-state index contributed by atoms with van der Waals surface area (Å²) in [5, 5.41) is 1.68. The van der Waals surface area contributed by atoms with Crippen LogP contribution in [-0.2, 0) is 0 Å². The van der Waals surface area contributed by atoms with Crippen molar-refractivity contribution in [3.63, 3.8) is 0 Å². The summed E-state index contributed by atoms with van der Waals surface area (Å²) in [6, 6.07) is 0. The summed E-state index contributed by atoms with van der Waals surface area (Å²) >= 11 is 0. The van der Waals surface area contributed by atoms with Crippen molar-refractivity contribution in [2.24, 2.45) is 0 Å². The van der Waals surface area contributed by atoms with E-state index in [-0.39, 0.29) is 9.52 Å². The molecule has 0 aromatic rings. The van der Waals surface area contributed by atoms with Crippen LogP contribution < -0.4 is 0 Å². The molecule has 12 heavy (non-hydrogen) atoms. The quantitative estimate of drug-likeness (QED) is 0.590. The van der Waals surface area contributed by atoms with Crippen molar-refractivity contribution in [1.82, 2.24) is 4.90 Å². The molecule has 1 nitrogen and oxygen atoms in total. The Bertz CT molecular complexity index is 144. The molecule has 0 saturated carbocycles. The molecule has 0 rings (SSSR count). The largest absolute Gasteiger partial charge is 0.307 e. The average molecular weight is 185 g/mol. The van der Waals surface area contributed by atoms with Gasteiger partial charge in [-0.15, -0.1) is 0 Å². The van der Waals surface area contributed by atoms with E-state index in [0.29, 0.717) is 0 Å². The third-order valence-corrected chi connectivity index (χ3v) is 4.86. The normalized spacial score (nSPS) is 11.5. The summed E-state index contributed by atoms with van der Waals surface area (Å²) in [5.41, 5.74) is 1.54. The molecule has 72 valence electrons. The van der Waals surface area contributed by atoms with Gasteiger partial charge in [0.05, 0.1) is 9.52 Å². The Kier molecular flexibility index (Phi) is 6.39. The van der Waals surface area contributed by atoms with E-state index >= 15 is 0 Å². The first-order valence-corrected chi connectivity index (χ1v) is 6.67. The molecule has 0 saturated heterocycles. The SMILES string of the molecule is CCN(CC)C[SiH2]C(C)=C(C)C. The first kappa shape index (κ1) is 11.9. The van der Waals surface area contributed by atoms with Crippen LogP contribution in [0.1, 0.15) is 34.6 Å². The van der Waals surface area contributed by atoms with E-state index in [1.165, 1.54) is 24.8 Å². The van der Waals surface area contributed by atoms with Crippen LogP contribution in [0.25, 0.3) is 0 Å². The molecule has 0 aliphatic heterocycles. The molecule has 0 N–H and O–H groups in total. The van der Waals surface area contributed by atoms with E-state index in [0.717, 1.165) is 0 Å². The Morgan fingerprint density at radius 2 is 1.58 bits per heavy atom. The second-order valence-corrected chi connectivity index (χ2v) is 5.57. The van der Waals surface area contributed by atoms with Gasteiger partial charge in [0.25, 0.3) is 0 Å². The number of allylic oxidation sites excluding steroid dienone is 2. The zero-order chi connectivity index (χ0) is 9.56. The number of nitrogens with zero attached hydrogens (tertiary/aromatic N) is 1. The van der Waals surface area contributed by atoms with Gasteiger partial charge >= 0.3 is 0 Å². The maximum Gasteiger partial charge on any atom is 0.0648 e. The summed E-state index contributed by atoms with van der Waals surface area (Å²) in [5.74, 6) is 0. The van der Waals surface area contributed by atoms with Crippen LogP contribution in [0.4, 0.5) is 0 Å². The molecule has 0 heterocycles. The summed E-state index contributed by atoms with van der Waals surface area (Å²) in [6.07, 6.45) is 1.35. The Balaban J connectivity index is 3.74. The number of hydrogen-bond acceptors (Lipinski definition) is 1. The van der Waals surface area contributed by atoms with Gasteiger partial charge < -0.3 is 4.90 Å². The van der Waals surface area contributed by atoms with Gasteiger partial charge in [-0.25, -0.2) is 0 Å². The molecule has 0 aromatic heterocycles. The predicted octanol–water partition coefficient (Wildman–Crippen LogP) is 1.77. The minimum absolute atomic E-state index is 0.0244. The Morgan fingerprint density at radius 3 is 1.92 bits per heavy atom. The molecule has 0 spiro atoms. The first-order chi connectivity index (χ1) is 5.61. The van der Waals surface area contributed by atoms with Crippen molar-refractivity contribution < 1.29 is 0 Å². The van der Waals surface area contributed by atoms with Crippen molar-refractivity contribution in [2.45, 2.75) is 34.6 Å². The van der Waals surface area contributed by atoms with Gasteiger partial charge in [0, 0.05) is 0 Å². The lowest BCUT2D eigenvalue weighted by molar-refractivity contribution is 0.353. The zero-order valence-corrected chi connectivity index (χ0v) is 10.7. The van der Waals surface area contributed by atoms with E-state index in [1.807, 2.05) is 0 Å². The maximum atomic E-state index is 2.53. The molecule has 2 heteroatoms. The second-order valence-electron chi connectivity index (χ2n) is 3.56. The van der Waals surface area contributed by atoms with Crippen LogP contribution in [-0.4, -0.2) is 33.7 Å². The molecular formula is C10H23NSi. The monoisotopic (exact) mass is 185 g/mol. The topological polar surface area (TPSA) is 3.24 Å². The van der Waals surface area contributed by atoms with Crippen molar-refractivity contribution in [3.05, 3.63) is 10.8 Å². The summed E-state index contributed by atoms with van der Waals surface area (Å²) < 4.78 is 0. The lowest BCUT2D eigenvalue weighted by Crippen LogP contribution is -2.28. The molecule has 0 radical (unpaired) electrons. The third kappa shape index (κ3) is 4.73. The highest BCUT2D eigenvalue weighted by atomic mass is 28.2. The van der Waals surface area contributed by atoms with E-state index in [2.05, 4.69) is 39.5 Å². The number of rotatable bonds is 5.